The molecule has 0 radical (unpaired) electrons. The van der Waals surface area contributed by atoms with Crippen molar-refractivity contribution >= 4 is 17.5 Å². The average Bonchev–Trinajstić information content (AvgIpc) is 3.01. The van der Waals surface area contributed by atoms with E-state index in [2.05, 4.69) is 18.7 Å². The molecule has 3 rings (SSSR count). The average molecular weight is 335 g/mol. The third-order valence-corrected chi connectivity index (χ3v) is 6.11. The first kappa shape index (κ1) is 16.8. The van der Waals surface area contributed by atoms with Gasteiger partial charge in [-0.1, -0.05) is 50.4 Å². The van der Waals surface area contributed by atoms with Gasteiger partial charge in [-0.25, -0.2) is 0 Å². The SMILES string of the molecule is CC1(C)CN(C(=O)C2(c3ccc(Cl)cc3)CCCC2)CCC1N. The zero-order valence-electron chi connectivity index (χ0n) is 14.1. The fraction of sp³-hybridized carbons (Fsp3) is 0.632. The monoisotopic (exact) mass is 334 g/mol. The van der Waals surface area contributed by atoms with Crippen LogP contribution in [-0.2, 0) is 10.2 Å². The van der Waals surface area contributed by atoms with Gasteiger partial charge in [0.15, 0.2) is 0 Å². The molecule has 1 atom stereocenters. The molecule has 23 heavy (non-hydrogen) atoms. The number of carbonyl (C=O) groups is 1. The number of carbonyl (C=O) groups excluding carboxylic acids is 1. The van der Waals surface area contributed by atoms with Crippen LogP contribution in [0.25, 0.3) is 0 Å². The second-order valence-electron chi connectivity index (χ2n) is 7.91. The van der Waals surface area contributed by atoms with E-state index in [4.69, 9.17) is 17.3 Å². The van der Waals surface area contributed by atoms with Gasteiger partial charge in [0.2, 0.25) is 5.91 Å². The molecule has 1 aliphatic heterocycles. The summed E-state index contributed by atoms with van der Waals surface area (Å²) >= 11 is 6.04. The minimum absolute atomic E-state index is 0.0201. The second kappa shape index (κ2) is 6.10. The number of nitrogens with zero attached hydrogens (tertiary/aromatic N) is 1. The number of rotatable bonds is 2. The molecule has 1 aromatic carbocycles. The number of likely N-dealkylation sites (tertiary alicyclic amines) is 1. The van der Waals surface area contributed by atoms with E-state index in [1.54, 1.807) is 0 Å². The summed E-state index contributed by atoms with van der Waals surface area (Å²) in [6.45, 7) is 5.86. The van der Waals surface area contributed by atoms with E-state index < -0.39 is 0 Å². The van der Waals surface area contributed by atoms with Crippen molar-refractivity contribution in [1.29, 1.82) is 0 Å². The van der Waals surface area contributed by atoms with E-state index in [0.717, 1.165) is 55.8 Å². The fourth-order valence-electron chi connectivity index (χ4n) is 4.22. The molecular weight excluding hydrogens is 308 g/mol. The molecule has 126 valence electrons. The van der Waals surface area contributed by atoms with E-state index in [0.29, 0.717) is 0 Å². The summed E-state index contributed by atoms with van der Waals surface area (Å²) in [5.74, 6) is 0.289. The lowest BCUT2D eigenvalue weighted by Crippen LogP contribution is -2.57. The summed E-state index contributed by atoms with van der Waals surface area (Å²) in [6.07, 6.45) is 5.00. The van der Waals surface area contributed by atoms with Crippen LogP contribution in [0, 0.1) is 5.41 Å². The zero-order valence-corrected chi connectivity index (χ0v) is 14.9. The van der Waals surface area contributed by atoms with Gasteiger partial charge < -0.3 is 10.6 Å². The van der Waals surface area contributed by atoms with Gasteiger partial charge in [-0.2, -0.15) is 0 Å². The molecule has 1 aliphatic carbocycles. The van der Waals surface area contributed by atoms with Crippen molar-refractivity contribution in [3.05, 3.63) is 34.9 Å². The zero-order chi connectivity index (χ0) is 16.7. The van der Waals surface area contributed by atoms with Crippen molar-refractivity contribution in [2.45, 2.75) is 57.4 Å². The predicted molar refractivity (Wildman–Crippen MR) is 94.6 cm³/mol. The van der Waals surface area contributed by atoms with Crippen molar-refractivity contribution in [2.24, 2.45) is 11.1 Å². The maximum atomic E-state index is 13.5. The smallest absolute Gasteiger partial charge is 0.233 e. The molecule has 3 nitrogen and oxygen atoms in total. The molecule has 1 heterocycles. The molecule has 2 N–H and O–H groups in total. The summed E-state index contributed by atoms with van der Waals surface area (Å²) in [7, 11) is 0. The van der Waals surface area contributed by atoms with Crippen molar-refractivity contribution in [3.63, 3.8) is 0 Å². The van der Waals surface area contributed by atoms with Crippen LogP contribution in [0.2, 0.25) is 5.02 Å². The number of piperidine rings is 1. The normalized spacial score (nSPS) is 26.3. The Labute approximate surface area is 144 Å². The highest BCUT2D eigenvalue weighted by atomic mass is 35.5. The topological polar surface area (TPSA) is 46.3 Å². The molecular formula is C19H27ClN2O. The van der Waals surface area contributed by atoms with Crippen molar-refractivity contribution in [3.8, 4) is 0 Å². The Morgan fingerprint density at radius 1 is 1.22 bits per heavy atom. The molecule has 1 saturated carbocycles. The van der Waals surface area contributed by atoms with E-state index in [9.17, 15) is 4.79 Å². The van der Waals surface area contributed by atoms with Gasteiger partial charge >= 0.3 is 0 Å². The van der Waals surface area contributed by atoms with Crippen molar-refractivity contribution in [2.75, 3.05) is 13.1 Å². The quantitative estimate of drug-likeness (QED) is 0.895. The second-order valence-corrected chi connectivity index (χ2v) is 8.34. The molecule has 1 saturated heterocycles. The van der Waals surface area contributed by atoms with E-state index >= 15 is 0 Å². The molecule has 1 amide bonds. The third kappa shape index (κ3) is 3.01. The number of hydrogen-bond donors (Lipinski definition) is 1. The number of hydrogen-bond acceptors (Lipinski definition) is 2. The Kier molecular flexibility index (Phi) is 4.45. The Morgan fingerprint density at radius 3 is 2.39 bits per heavy atom. The number of amides is 1. The van der Waals surface area contributed by atoms with Crippen LogP contribution in [0.3, 0.4) is 0 Å². The molecule has 2 fully saturated rings. The van der Waals surface area contributed by atoms with Gasteiger partial charge in [0.05, 0.1) is 5.41 Å². The van der Waals surface area contributed by atoms with Gasteiger partial charge in [0.25, 0.3) is 0 Å². The van der Waals surface area contributed by atoms with Crippen LogP contribution in [0.1, 0.15) is 51.5 Å². The minimum Gasteiger partial charge on any atom is -0.341 e. The summed E-state index contributed by atoms with van der Waals surface area (Å²) in [4.78, 5) is 15.5. The first-order chi connectivity index (χ1) is 10.8. The van der Waals surface area contributed by atoms with Crippen molar-refractivity contribution in [1.82, 2.24) is 4.90 Å². The highest BCUT2D eigenvalue weighted by molar-refractivity contribution is 6.30. The largest absolute Gasteiger partial charge is 0.341 e. The van der Waals surface area contributed by atoms with E-state index in [1.807, 2.05) is 24.3 Å². The molecule has 4 heteroatoms. The summed E-state index contributed by atoms with van der Waals surface area (Å²) in [6, 6.07) is 8.04. The third-order valence-electron chi connectivity index (χ3n) is 5.86. The highest BCUT2D eigenvalue weighted by Crippen LogP contribution is 2.44. The number of nitrogens with two attached hydrogens (primary N) is 1. The van der Waals surface area contributed by atoms with Gasteiger partial charge in [-0.3, -0.25) is 4.79 Å². The predicted octanol–water partition coefficient (Wildman–Crippen LogP) is 3.74. The summed E-state index contributed by atoms with van der Waals surface area (Å²) < 4.78 is 0. The van der Waals surface area contributed by atoms with Gasteiger partial charge in [0, 0.05) is 24.2 Å². The number of benzene rings is 1. The van der Waals surface area contributed by atoms with E-state index in [1.165, 1.54) is 0 Å². The van der Waals surface area contributed by atoms with Gasteiger partial charge in [-0.15, -0.1) is 0 Å². The summed E-state index contributed by atoms with van der Waals surface area (Å²) in [5.41, 5.74) is 6.98. The fourth-order valence-corrected chi connectivity index (χ4v) is 4.35. The van der Waals surface area contributed by atoms with Gasteiger partial charge in [0.1, 0.15) is 0 Å². The van der Waals surface area contributed by atoms with Crippen LogP contribution >= 0.6 is 11.6 Å². The molecule has 0 bridgehead atoms. The lowest BCUT2D eigenvalue weighted by molar-refractivity contribution is -0.140. The van der Waals surface area contributed by atoms with Gasteiger partial charge in [-0.05, 0) is 42.4 Å². The van der Waals surface area contributed by atoms with Crippen LogP contribution in [0.4, 0.5) is 0 Å². The minimum atomic E-state index is -0.359. The first-order valence-corrected chi connectivity index (χ1v) is 9.04. The standard InChI is InChI=1S/C19H27ClN2O/c1-18(2)13-22(12-9-16(18)21)17(23)19(10-3-4-11-19)14-5-7-15(20)8-6-14/h5-8,16H,3-4,9-13,21H2,1-2H3. The van der Waals surface area contributed by atoms with Crippen LogP contribution in [0.5, 0.6) is 0 Å². The van der Waals surface area contributed by atoms with Crippen LogP contribution < -0.4 is 5.73 Å². The molecule has 0 spiro atoms. The Bertz CT molecular complexity index is 576. The Hall–Kier alpha value is -1.06. The molecule has 1 aromatic rings. The Balaban J connectivity index is 1.89. The molecule has 2 aliphatic rings. The van der Waals surface area contributed by atoms with E-state index in [-0.39, 0.29) is 22.8 Å². The summed E-state index contributed by atoms with van der Waals surface area (Å²) in [5, 5.41) is 0.722. The molecule has 0 aromatic heterocycles. The lowest BCUT2D eigenvalue weighted by Gasteiger charge is -2.45. The number of halogens is 1. The lowest BCUT2D eigenvalue weighted by atomic mass is 9.75. The van der Waals surface area contributed by atoms with Crippen LogP contribution in [0.15, 0.2) is 24.3 Å². The first-order valence-electron chi connectivity index (χ1n) is 8.66. The van der Waals surface area contributed by atoms with Crippen molar-refractivity contribution < 1.29 is 4.79 Å². The molecule has 1 unspecified atom stereocenters. The Morgan fingerprint density at radius 2 is 1.83 bits per heavy atom. The maximum absolute atomic E-state index is 13.5. The van der Waals surface area contributed by atoms with Crippen LogP contribution in [-0.4, -0.2) is 29.9 Å². The maximum Gasteiger partial charge on any atom is 0.233 e. The highest BCUT2D eigenvalue weighted by Gasteiger charge is 2.47.